The fourth-order valence-corrected chi connectivity index (χ4v) is 3.43. The summed E-state index contributed by atoms with van der Waals surface area (Å²) in [4.78, 5) is 12.8. The minimum Gasteiger partial charge on any atom is -0.380 e. The molecule has 0 spiro atoms. The van der Waals surface area contributed by atoms with Crippen LogP contribution in [0.4, 0.5) is 0 Å². The van der Waals surface area contributed by atoms with E-state index in [2.05, 4.69) is 36.5 Å². The molecule has 3 nitrogen and oxygen atoms in total. The summed E-state index contributed by atoms with van der Waals surface area (Å²) < 4.78 is 5.17. The molecule has 1 N–H and O–H groups in total. The molecule has 3 aromatic rings. The van der Waals surface area contributed by atoms with Gasteiger partial charge in [-0.2, -0.15) is 0 Å². The van der Waals surface area contributed by atoms with Crippen molar-refractivity contribution in [2.24, 2.45) is 0 Å². The number of amides is 1. The molecule has 0 aromatic heterocycles. The van der Waals surface area contributed by atoms with Crippen LogP contribution < -0.4 is 5.32 Å². The maximum atomic E-state index is 12.8. The van der Waals surface area contributed by atoms with E-state index in [0.717, 1.165) is 5.56 Å². The Morgan fingerprint density at radius 2 is 1.48 bits per heavy atom. The predicted molar refractivity (Wildman–Crippen MR) is 109 cm³/mol. The highest BCUT2D eigenvalue weighted by atomic mass is 16.5. The lowest BCUT2D eigenvalue weighted by molar-refractivity contribution is 0.0936. The minimum atomic E-state index is -0.0719. The van der Waals surface area contributed by atoms with E-state index in [0.29, 0.717) is 12.2 Å². The summed E-state index contributed by atoms with van der Waals surface area (Å²) in [6.07, 6.45) is 0. The van der Waals surface area contributed by atoms with Crippen molar-refractivity contribution in [3.8, 4) is 0 Å². The smallest absolute Gasteiger partial charge is 0.251 e. The summed E-state index contributed by atoms with van der Waals surface area (Å²) in [6, 6.07) is 28.1. The molecule has 27 heavy (non-hydrogen) atoms. The van der Waals surface area contributed by atoms with Crippen molar-refractivity contribution >= 4 is 5.91 Å². The summed E-state index contributed by atoms with van der Waals surface area (Å²) in [5.74, 6) is 0.0100. The molecule has 0 fully saturated rings. The zero-order valence-electron chi connectivity index (χ0n) is 15.8. The van der Waals surface area contributed by atoms with Gasteiger partial charge in [0, 0.05) is 24.6 Å². The molecule has 3 aromatic carbocycles. The first-order valence-electron chi connectivity index (χ1n) is 9.17. The van der Waals surface area contributed by atoms with Crippen LogP contribution in [0.3, 0.4) is 0 Å². The monoisotopic (exact) mass is 359 g/mol. The number of nitrogens with one attached hydrogen (secondary N) is 1. The van der Waals surface area contributed by atoms with Crippen LogP contribution in [0.1, 0.15) is 39.9 Å². The van der Waals surface area contributed by atoms with Crippen LogP contribution in [0.25, 0.3) is 0 Å². The SMILES string of the molecule is COCc1cccc(C(=O)NC(C)C(c2ccccc2)c2ccccc2)c1. The second-order valence-electron chi connectivity index (χ2n) is 6.69. The van der Waals surface area contributed by atoms with Gasteiger partial charge in [-0.05, 0) is 35.7 Å². The molecule has 0 aliphatic carbocycles. The molecule has 0 heterocycles. The first-order valence-corrected chi connectivity index (χ1v) is 9.17. The van der Waals surface area contributed by atoms with Crippen molar-refractivity contribution in [2.45, 2.75) is 25.5 Å². The molecule has 0 saturated heterocycles. The zero-order valence-corrected chi connectivity index (χ0v) is 15.8. The number of hydrogen-bond acceptors (Lipinski definition) is 2. The summed E-state index contributed by atoms with van der Waals surface area (Å²) in [6.45, 7) is 2.55. The summed E-state index contributed by atoms with van der Waals surface area (Å²) in [7, 11) is 1.65. The Bertz CT molecular complexity index is 822. The largest absolute Gasteiger partial charge is 0.380 e. The Morgan fingerprint density at radius 1 is 0.889 bits per heavy atom. The molecular weight excluding hydrogens is 334 g/mol. The van der Waals surface area contributed by atoms with Gasteiger partial charge < -0.3 is 10.1 Å². The Morgan fingerprint density at radius 3 is 2.04 bits per heavy atom. The molecule has 3 heteroatoms. The van der Waals surface area contributed by atoms with Crippen molar-refractivity contribution in [1.29, 1.82) is 0 Å². The molecule has 3 rings (SSSR count). The number of hydrogen-bond donors (Lipinski definition) is 1. The lowest BCUT2D eigenvalue weighted by Gasteiger charge is -2.26. The van der Waals surface area contributed by atoms with Crippen LogP contribution >= 0.6 is 0 Å². The quantitative estimate of drug-likeness (QED) is 0.659. The first kappa shape index (κ1) is 18.9. The molecule has 1 unspecified atom stereocenters. The third-order valence-corrected chi connectivity index (χ3v) is 4.68. The average molecular weight is 359 g/mol. The molecular formula is C24H25NO2. The standard InChI is InChI=1S/C24H25NO2/c1-18(25-24(26)22-15-9-10-19(16-22)17-27-2)23(20-11-5-3-6-12-20)21-13-7-4-8-14-21/h3-16,18,23H,17H2,1-2H3,(H,25,26). The van der Waals surface area contributed by atoms with Gasteiger partial charge in [0.25, 0.3) is 5.91 Å². The lowest BCUT2D eigenvalue weighted by Crippen LogP contribution is -2.37. The highest BCUT2D eigenvalue weighted by molar-refractivity contribution is 5.94. The van der Waals surface area contributed by atoms with E-state index in [1.54, 1.807) is 7.11 Å². The van der Waals surface area contributed by atoms with Crippen molar-refractivity contribution in [3.63, 3.8) is 0 Å². The summed E-state index contributed by atoms with van der Waals surface area (Å²) >= 11 is 0. The number of rotatable bonds is 7. The van der Waals surface area contributed by atoms with Crippen LogP contribution in [0.15, 0.2) is 84.9 Å². The van der Waals surface area contributed by atoms with E-state index in [-0.39, 0.29) is 17.9 Å². The van der Waals surface area contributed by atoms with Gasteiger partial charge in [-0.25, -0.2) is 0 Å². The Hall–Kier alpha value is -2.91. The van der Waals surface area contributed by atoms with Gasteiger partial charge in [0.05, 0.1) is 6.61 Å². The molecule has 0 radical (unpaired) electrons. The van der Waals surface area contributed by atoms with Crippen molar-refractivity contribution in [2.75, 3.05) is 7.11 Å². The van der Waals surface area contributed by atoms with Crippen LogP contribution in [-0.4, -0.2) is 19.1 Å². The second kappa shape index (κ2) is 9.15. The van der Waals surface area contributed by atoms with Gasteiger partial charge in [0.15, 0.2) is 0 Å². The van der Waals surface area contributed by atoms with Crippen LogP contribution in [-0.2, 0) is 11.3 Å². The first-order chi connectivity index (χ1) is 13.2. The molecule has 0 saturated carbocycles. The molecule has 138 valence electrons. The fraction of sp³-hybridized carbons (Fsp3) is 0.208. The van der Waals surface area contributed by atoms with Gasteiger partial charge in [-0.15, -0.1) is 0 Å². The number of methoxy groups -OCH3 is 1. The maximum Gasteiger partial charge on any atom is 0.251 e. The normalized spacial score (nSPS) is 12.0. The molecule has 0 aliphatic heterocycles. The van der Waals surface area contributed by atoms with Crippen LogP contribution in [0, 0.1) is 0 Å². The topological polar surface area (TPSA) is 38.3 Å². The number of carbonyl (C=O) groups is 1. The highest BCUT2D eigenvalue weighted by Crippen LogP contribution is 2.28. The Kier molecular flexibility index (Phi) is 6.39. The highest BCUT2D eigenvalue weighted by Gasteiger charge is 2.23. The summed E-state index contributed by atoms with van der Waals surface area (Å²) in [5, 5.41) is 3.18. The third-order valence-electron chi connectivity index (χ3n) is 4.68. The predicted octanol–water partition coefficient (Wildman–Crippen LogP) is 4.78. The van der Waals surface area contributed by atoms with E-state index >= 15 is 0 Å². The van der Waals surface area contributed by atoms with Crippen LogP contribution in [0.2, 0.25) is 0 Å². The van der Waals surface area contributed by atoms with Crippen LogP contribution in [0.5, 0.6) is 0 Å². The Labute approximate surface area is 161 Å². The van der Waals surface area contributed by atoms with E-state index in [9.17, 15) is 4.79 Å². The summed E-state index contributed by atoms with van der Waals surface area (Å²) in [5.41, 5.74) is 4.01. The molecule has 1 amide bonds. The molecule has 0 aliphatic rings. The van der Waals surface area contributed by atoms with E-state index in [4.69, 9.17) is 4.74 Å². The van der Waals surface area contributed by atoms with E-state index < -0.39 is 0 Å². The van der Waals surface area contributed by atoms with Crippen molar-refractivity contribution in [3.05, 3.63) is 107 Å². The molecule has 0 bridgehead atoms. The number of ether oxygens (including phenoxy) is 1. The van der Waals surface area contributed by atoms with Crippen molar-refractivity contribution in [1.82, 2.24) is 5.32 Å². The van der Waals surface area contributed by atoms with Gasteiger partial charge >= 0.3 is 0 Å². The lowest BCUT2D eigenvalue weighted by atomic mass is 9.85. The van der Waals surface area contributed by atoms with Gasteiger partial charge in [-0.1, -0.05) is 72.8 Å². The third kappa shape index (κ3) is 4.83. The Balaban J connectivity index is 1.83. The number of carbonyl (C=O) groups excluding carboxylic acids is 1. The zero-order chi connectivity index (χ0) is 19.1. The second-order valence-corrected chi connectivity index (χ2v) is 6.69. The van der Waals surface area contributed by atoms with E-state index in [1.165, 1.54) is 11.1 Å². The molecule has 1 atom stereocenters. The van der Waals surface area contributed by atoms with Gasteiger partial charge in [0.2, 0.25) is 0 Å². The van der Waals surface area contributed by atoms with Crippen molar-refractivity contribution < 1.29 is 9.53 Å². The number of benzene rings is 3. The maximum absolute atomic E-state index is 12.8. The van der Waals surface area contributed by atoms with E-state index in [1.807, 2.05) is 60.7 Å². The fourth-order valence-electron chi connectivity index (χ4n) is 3.43. The average Bonchev–Trinajstić information content (AvgIpc) is 2.70. The minimum absolute atomic E-state index is 0.0617. The van der Waals surface area contributed by atoms with Gasteiger partial charge in [-0.3, -0.25) is 4.79 Å². The van der Waals surface area contributed by atoms with Gasteiger partial charge in [0.1, 0.15) is 0 Å².